The average molecular weight is 251 g/mol. The second kappa shape index (κ2) is 4.86. The Morgan fingerprint density at radius 3 is 2.58 bits per heavy atom. The number of aromatic nitrogens is 1. The van der Waals surface area contributed by atoms with Crippen LogP contribution in [-0.2, 0) is 0 Å². The number of hydrogen-bond acceptors (Lipinski definition) is 1. The van der Waals surface area contributed by atoms with Gasteiger partial charge in [0.15, 0.2) is 0 Å². The molecule has 3 N–H and O–H groups in total. The summed E-state index contributed by atoms with van der Waals surface area (Å²) in [7, 11) is 0. The molecular formula is C15H13N3O. The summed E-state index contributed by atoms with van der Waals surface area (Å²) < 4.78 is 0. The van der Waals surface area contributed by atoms with E-state index < -0.39 is 0 Å². The van der Waals surface area contributed by atoms with Crippen molar-refractivity contribution in [3.05, 3.63) is 60.8 Å². The Kier molecular flexibility index (Phi) is 2.90. The number of carbonyl (C=O) groups excluding carboxylic acids is 1. The van der Waals surface area contributed by atoms with E-state index in [-0.39, 0.29) is 6.03 Å². The fourth-order valence-corrected chi connectivity index (χ4v) is 2.00. The Morgan fingerprint density at radius 2 is 1.74 bits per heavy atom. The van der Waals surface area contributed by atoms with Crippen LogP contribution in [0.4, 0.5) is 16.2 Å². The summed E-state index contributed by atoms with van der Waals surface area (Å²) in [6, 6.07) is 16.8. The predicted octanol–water partition coefficient (Wildman–Crippen LogP) is 3.81. The van der Waals surface area contributed by atoms with E-state index >= 15 is 0 Å². The molecule has 0 spiro atoms. The lowest BCUT2D eigenvalue weighted by Gasteiger charge is -2.08. The summed E-state index contributed by atoms with van der Waals surface area (Å²) in [4.78, 5) is 15.0. The predicted molar refractivity (Wildman–Crippen MR) is 77.4 cm³/mol. The minimum Gasteiger partial charge on any atom is -0.361 e. The van der Waals surface area contributed by atoms with E-state index in [1.807, 2.05) is 60.8 Å². The van der Waals surface area contributed by atoms with Gasteiger partial charge in [0.2, 0.25) is 0 Å². The number of urea groups is 1. The molecular weight excluding hydrogens is 238 g/mol. The molecule has 0 saturated carbocycles. The standard InChI is InChI=1S/C15H13N3O/c19-15(17-11-5-2-1-3-6-11)18-14-8-4-7-13-12(14)9-10-16-13/h1-10,16H,(H2,17,18,19). The average Bonchev–Trinajstić information content (AvgIpc) is 2.89. The molecule has 0 saturated heterocycles. The van der Waals surface area contributed by atoms with Crippen molar-refractivity contribution in [3.8, 4) is 0 Å². The van der Waals surface area contributed by atoms with Gasteiger partial charge in [-0.2, -0.15) is 0 Å². The number of hydrogen-bond donors (Lipinski definition) is 3. The molecule has 0 aliphatic rings. The molecule has 4 nitrogen and oxygen atoms in total. The third-order valence-corrected chi connectivity index (χ3v) is 2.87. The van der Waals surface area contributed by atoms with Crippen LogP contribution in [0.15, 0.2) is 60.8 Å². The molecule has 0 radical (unpaired) electrons. The van der Waals surface area contributed by atoms with Crippen molar-refractivity contribution in [2.24, 2.45) is 0 Å². The van der Waals surface area contributed by atoms with Crippen LogP contribution in [0.5, 0.6) is 0 Å². The van der Waals surface area contributed by atoms with Gasteiger partial charge in [0.25, 0.3) is 0 Å². The van der Waals surface area contributed by atoms with Crippen molar-refractivity contribution >= 4 is 28.3 Å². The van der Waals surface area contributed by atoms with Crippen molar-refractivity contribution in [2.45, 2.75) is 0 Å². The summed E-state index contributed by atoms with van der Waals surface area (Å²) in [5.74, 6) is 0. The third kappa shape index (κ3) is 2.42. The molecule has 2 aromatic carbocycles. The van der Waals surface area contributed by atoms with Gasteiger partial charge in [-0.15, -0.1) is 0 Å². The second-order valence-electron chi connectivity index (χ2n) is 4.19. The Hall–Kier alpha value is -2.75. The Balaban J connectivity index is 1.78. The largest absolute Gasteiger partial charge is 0.361 e. The third-order valence-electron chi connectivity index (χ3n) is 2.87. The highest BCUT2D eigenvalue weighted by atomic mass is 16.2. The number of rotatable bonds is 2. The number of H-pyrrole nitrogens is 1. The fraction of sp³-hybridized carbons (Fsp3) is 0. The minimum atomic E-state index is -0.250. The maximum Gasteiger partial charge on any atom is 0.323 e. The molecule has 0 unspecified atom stereocenters. The molecule has 19 heavy (non-hydrogen) atoms. The smallest absolute Gasteiger partial charge is 0.323 e. The summed E-state index contributed by atoms with van der Waals surface area (Å²) >= 11 is 0. The maximum absolute atomic E-state index is 11.9. The molecule has 1 aromatic heterocycles. The maximum atomic E-state index is 11.9. The lowest BCUT2D eigenvalue weighted by Crippen LogP contribution is -2.19. The van der Waals surface area contributed by atoms with Gasteiger partial charge in [-0.25, -0.2) is 4.79 Å². The van der Waals surface area contributed by atoms with Crippen molar-refractivity contribution in [1.82, 2.24) is 4.98 Å². The van der Waals surface area contributed by atoms with Crippen molar-refractivity contribution in [2.75, 3.05) is 10.6 Å². The summed E-state index contributed by atoms with van der Waals surface area (Å²) in [6.45, 7) is 0. The Labute approximate surface area is 110 Å². The highest BCUT2D eigenvalue weighted by Gasteiger charge is 2.05. The van der Waals surface area contributed by atoms with Crippen molar-refractivity contribution in [3.63, 3.8) is 0 Å². The number of fused-ring (bicyclic) bond motifs is 1. The van der Waals surface area contributed by atoms with Gasteiger partial charge in [0, 0.05) is 22.8 Å². The van der Waals surface area contributed by atoms with Crippen LogP contribution >= 0.6 is 0 Å². The van der Waals surface area contributed by atoms with Gasteiger partial charge < -0.3 is 15.6 Å². The molecule has 2 amide bonds. The zero-order valence-electron chi connectivity index (χ0n) is 10.2. The summed E-state index contributed by atoms with van der Waals surface area (Å²) in [6.07, 6.45) is 1.85. The number of nitrogens with one attached hydrogen (secondary N) is 3. The van der Waals surface area contributed by atoms with Gasteiger partial charge in [-0.05, 0) is 30.3 Å². The van der Waals surface area contributed by atoms with E-state index in [2.05, 4.69) is 15.6 Å². The van der Waals surface area contributed by atoms with Crippen LogP contribution in [0.2, 0.25) is 0 Å². The van der Waals surface area contributed by atoms with Gasteiger partial charge >= 0.3 is 6.03 Å². The fourth-order valence-electron chi connectivity index (χ4n) is 2.00. The molecule has 1 heterocycles. The normalized spacial score (nSPS) is 10.3. The highest BCUT2D eigenvalue weighted by molar-refractivity contribution is 6.05. The number of benzene rings is 2. The zero-order chi connectivity index (χ0) is 13.1. The molecule has 3 aromatic rings. The van der Waals surface area contributed by atoms with Crippen molar-refractivity contribution < 1.29 is 4.79 Å². The first-order chi connectivity index (χ1) is 9.33. The number of para-hydroxylation sites is 1. The van der Waals surface area contributed by atoms with Crippen LogP contribution in [0.25, 0.3) is 10.9 Å². The molecule has 3 rings (SSSR count). The lowest BCUT2D eigenvalue weighted by atomic mass is 10.2. The monoisotopic (exact) mass is 251 g/mol. The van der Waals surface area contributed by atoms with Gasteiger partial charge in [0.05, 0.1) is 5.69 Å². The second-order valence-corrected chi connectivity index (χ2v) is 4.19. The lowest BCUT2D eigenvalue weighted by molar-refractivity contribution is 0.262. The van der Waals surface area contributed by atoms with E-state index in [0.29, 0.717) is 0 Å². The SMILES string of the molecule is O=C(Nc1ccccc1)Nc1cccc2[nH]ccc12. The molecule has 0 aliphatic heterocycles. The molecule has 0 fully saturated rings. The molecule has 0 aliphatic carbocycles. The molecule has 0 atom stereocenters. The first-order valence-electron chi connectivity index (χ1n) is 6.02. The first-order valence-corrected chi connectivity index (χ1v) is 6.02. The zero-order valence-corrected chi connectivity index (χ0v) is 10.2. The summed E-state index contributed by atoms with van der Waals surface area (Å²) in [5, 5.41) is 6.63. The topological polar surface area (TPSA) is 56.9 Å². The van der Waals surface area contributed by atoms with E-state index in [9.17, 15) is 4.79 Å². The van der Waals surface area contributed by atoms with E-state index in [1.165, 1.54) is 0 Å². The number of carbonyl (C=O) groups is 1. The van der Waals surface area contributed by atoms with Crippen LogP contribution in [0.1, 0.15) is 0 Å². The van der Waals surface area contributed by atoms with Gasteiger partial charge in [0.1, 0.15) is 0 Å². The molecule has 4 heteroatoms. The van der Waals surface area contributed by atoms with E-state index in [0.717, 1.165) is 22.3 Å². The van der Waals surface area contributed by atoms with Crippen LogP contribution < -0.4 is 10.6 Å². The van der Waals surface area contributed by atoms with E-state index in [4.69, 9.17) is 0 Å². The van der Waals surface area contributed by atoms with Crippen LogP contribution in [0, 0.1) is 0 Å². The van der Waals surface area contributed by atoms with Gasteiger partial charge in [-0.3, -0.25) is 0 Å². The van der Waals surface area contributed by atoms with Crippen molar-refractivity contribution in [1.29, 1.82) is 0 Å². The first kappa shape index (κ1) is 11.3. The van der Waals surface area contributed by atoms with E-state index in [1.54, 1.807) is 0 Å². The van der Waals surface area contributed by atoms with Gasteiger partial charge in [-0.1, -0.05) is 24.3 Å². The number of amides is 2. The Morgan fingerprint density at radius 1 is 0.895 bits per heavy atom. The Bertz CT molecular complexity index is 703. The number of anilines is 2. The quantitative estimate of drug-likeness (QED) is 0.637. The molecule has 0 bridgehead atoms. The summed E-state index contributed by atoms with van der Waals surface area (Å²) in [5.41, 5.74) is 2.55. The highest BCUT2D eigenvalue weighted by Crippen LogP contribution is 2.22. The minimum absolute atomic E-state index is 0.250. The molecule has 94 valence electrons. The van der Waals surface area contributed by atoms with Crippen LogP contribution in [0.3, 0.4) is 0 Å². The van der Waals surface area contributed by atoms with Crippen LogP contribution in [-0.4, -0.2) is 11.0 Å². The number of aromatic amines is 1.